The van der Waals surface area contributed by atoms with E-state index in [0.29, 0.717) is 12.4 Å². The van der Waals surface area contributed by atoms with E-state index in [9.17, 15) is 4.79 Å². The van der Waals surface area contributed by atoms with Crippen molar-refractivity contribution in [2.75, 3.05) is 5.88 Å². The molecule has 3 nitrogen and oxygen atoms in total. The molecule has 0 saturated carbocycles. The lowest BCUT2D eigenvalue weighted by Crippen LogP contribution is -2.21. The lowest BCUT2D eigenvalue weighted by atomic mass is 10.3. The van der Waals surface area contributed by atoms with Crippen molar-refractivity contribution in [2.24, 2.45) is 7.05 Å². The minimum absolute atomic E-state index is 0.000391. The van der Waals surface area contributed by atoms with Gasteiger partial charge in [-0.15, -0.1) is 11.6 Å². The van der Waals surface area contributed by atoms with Crippen molar-refractivity contribution in [1.82, 2.24) is 9.13 Å². The molecule has 1 heterocycles. The van der Waals surface area contributed by atoms with Gasteiger partial charge in [0.25, 0.3) is 0 Å². The normalized spacial score (nSPS) is 11.6. The summed E-state index contributed by atoms with van der Waals surface area (Å²) >= 11 is 5.55. The van der Waals surface area contributed by atoms with Gasteiger partial charge in [0.1, 0.15) is 0 Å². The molecular weight excluding hydrogens is 224 g/mol. The Kier molecular flexibility index (Phi) is 3.15. The van der Waals surface area contributed by atoms with Gasteiger partial charge in [-0.05, 0) is 12.1 Å². The lowest BCUT2D eigenvalue weighted by molar-refractivity contribution is 0.748. The van der Waals surface area contributed by atoms with E-state index >= 15 is 0 Å². The summed E-state index contributed by atoms with van der Waals surface area (Å²) in [7, 11) is 1.78. The second-order valence-corrected chi connectivity index (χ2v) is 3.88. The maximum Gasteiger partial charge on any atom is 0.329 e. The number of hydrogen-bond acceptors (Lipinski definition) is 1. The zero-order valence-corrected chi connectivity index (χ0v) is 9.81. The summed E-state index contributed by atoms with van der Waals surface area (Å²) in [6.45, 7) is 0.562. The van der Waals surface area contributed by atoms with Crippen molar-refractivity contribution in [2.45, 2.75) is 6.54 Å². The number of aromatic nitrogens is 2. The van der Waals surface area contributed by atoms with Crippen LogP contribution in [0.3, 0.4) is 0 Å². The molecule has 0 aliphatic carbocycles. The fourth-order valence-corrected chi connectivity index (χ4v) is 1.91. The molecular formula is C12H13ClN2O. The Morgan fingerprint density at radius 3 is 2.62 bits per heavy atom. The molecule has 1 aromatic heterocycles. The number of hydrogen-bond donors (Lipinski definition) is 0. The van der Waals surface area contributed by atoms with Crippen molar-refractivity contribution in [1.29, 1.82) is 0 Å². The Morgan fingerprint density at radius 1 is 1.25 bits per heavy atom. The van der Waals surface area contributed by atoms with E-state index in [1.807, 2.05) is 36.4 Å². The molecule has 0 spiro atoms. The number of aryl methyl sites for hydroxylation is 1. The SMILES string of the molecule is Cn1c(=O)n(C/C=C/CCl)c2ccccc21. The van der Waals surface area contributed by atoms with Gasteiger partial charge in [0.2, 0.25) is 0 Å². The number of nitrogens with zero attached hydrogens (tertiary/aromatic N) is 2. The summed E-state index contributed by atoms with van der Waals surface area (Å²) < 4.78 is 3.39. The van der Waals surface area contributed by atoms with Crippen molar-refractivity contribution in [3.05, 3.63) is 46.9 Å². The molecule has 0 fully saturated rings. The van der Waals surface area contributed by atoms with E-state index in [1.54, 1.807) is 16.2 Å². The zero-order valence-electron chi connectivity index (χ0n) is 9.06. The van der Waals surface area contributed by atoms with Crippen LogP contribution in [0.5, 0.6) is 0 Å². The van der Waals surface area contributed by atoms with Crippen LogP contribution in [0.15, 0.2) is 41.2 Å². The third kappa shape index (κ3) is 1.78. The Bertz CT molecular complexity index is 580. The van der Waals surface area contributed by atoms with Crippen LogP contribution in [0.25, 0.3) is 11.0 Å². The summed E-state index contributed by atoms with van der Waals surface area (Å²) in [5.74, 6) is 0.472. The minimum Gasteiger partial charge on any atom is -0.295 e. The lowest BCUT2D eigenvalue weighted by Gasteiger charge is -1.97. The summed E-state index contributed by atoms with van der Waals surface area (Å²) in [6, 6.07) is 7.76. The molecule has 84 valence electrons. The predicted molar refractivity (Wildman–Crippen MR) is 67.0 cm³/mol. The largest absolute Gasteiger partial charge is 0.329 e. The fourth-order valence-electron chi connectivity index (χ4n) is 1.78. The van der Waals surface area contributed by atoms with Gasteiger partial charge in [0, 0.05) is 19.5 Å². The third-order valence-corrected chi connectivity index (χ3v) is 2.77. The van der Waals surface area contributed by atoms with E-state index < -0.39 is 0 Å². The first-order chi connectivity index (χ1) is 7.75. The van der Waals surface area contributed by atoms with Crippen LogP contribution < -0.4 is 5.69 Å². The number of benzene rings is 1. The van der Waals surface area contributed by atoms with E-state index in [4.69, 9.17) is 11.6 Å². The van der Waals surface area contributed by atoms with E-state index in [1.165, 1.54) is 0 Å². The number of allylic oxidation sites excluding steroid dienone is 2. The van der Waals surface area contributed by atoms with Crippen LogP contribution in [-0.2, 0) is 13.6 Å². The molecule has 2 aromatic rings. The predicted octanol–water partition coefficient (Wildman–Crippen LogP) is 2.13. The van der Waals surface area contributed by atoms with Gasteiger partial charge in [0.15, 0.2) is 0 Å². The fraction of sp³-hybridized carbons (Fsp3) is 0.250. The van der Waals surface area contributed by atoms with E-state index in [-0.39, 0.29) is 5.69 Å². The highest BCUT2D eigenvalue weighted by atomic mass is 35.5. The Balaban J connectivity index is 2.56. The van der Waals surface area contributed by atoms with Crippen molar-refractivity contribution < 1.29 is 0 Å². The summed E-state index contributed by atoms with van der Waals surface area (Å²) in [5.41, 5.74) is 1.90. The molecule has 0 aliphatic rings. The smallest absolute Gasteiger partial charge is 0.295 e. The number of rotatable bonds is 3. The minimum atomic E-state index is 0.000391. The maximum absolute atomic E-state index is 11.9. The molecule has 0 aliphatic heterocycles. The first-order valence-electron chi connectivity index (χ1n) is 5.11. The van der Waals surface area contributed by atoms with Gasteiger partial charge in [0.05, 0.1) is 11.0 Å². The Hall–Kier alpha value is -1.48. The molecule has 16 heavy (non-hydrogen) atoms. The van der Waals surface area contributed by atoms with Crippen LogP contribution >= 0.6 is 11.6 Å². The highest BCUT2D eigenvalue weighted by Gasteiger charge is 2.07. The Labute approximate surface area is 98.6 Å². The van der Waals surface area contributed by atoms with Crippen LogP contribution in [0.4, 0.5) is 0 Å². The van der Waals surface area contributed by atoms with Crippen LogP contribution in [-0.4, -0.2) is 15.0 Å². The van der Waals surface area contributed by atoms with E-state index in [2.05, 4.69) is 0 Å². The molecule has 2 rings (SSSR count). The molecule has 4 heteroatoms. The van der Waals surface area contributed by atoms with Gasteiger partial charge >= 0.3 is 5.69 Å². The summed E-state index contributed by atoms with van der Waals surface area (Å²) in [5, 5.41) is 0. The number of para-hydroxylation sites is 2. The van der Waals surface area contributed by atoms with Gasteiger partial charge in [-0.1, -0.05) is 24.3 Å². The number of fused-ring (bicyclic) bond motifs is 1. The molecule has 1 aromatic carbocycles. The van der Waals surface area contributed by atoms with Gasteiger partial charge in [-0.3, -0.25) is 9.13 Å². The van der Waals surface area contributed by atoms with Crippen molar-refractivity contribution in [3.63, 3.8) is 0 Å². The van der Waals surface area contributed by atoms with Gasteiger partial charge in [-0.2, -0.15) is 0 Å². The second-order valence-electron chi connectivity index (χ2n) is 3.57. The second kappa shape index (κ2) is 4.58. The standard InChI is InChI=1S/C12H13ClN2O/c1-14-10-6-2-3-7-11(10)15(12(14)16)9-5-4-8-13/h2-7H,8-9H2,1H3/b5-4+. The monoisotopic (exact) mass is 236 g/mol. The zero-order chi connectivity index (χ0) is 11.5. The molecule has 0 N–H and O–H groups in total. The van der Waals surface area contributed by atoms with Crippen molar-refractivity contribution >= 4 is 22.6 Å². The summed E-state index contributed by atoms with van der Waals surface area (Å²) in [6.07, 6.45) is 3.75. The molecule has 0 atom stereocenters. The first-order valence-corrected chi connectivity index (χ1v) is 5.64. The van der Waals surface area contributed by atoms with Gasteiger partial charge in [-0.25, -0.2) is 4.79 Å². The van der Waals surface area contributed by atoms with Crippen LogP contribution in [0.2, 0.25) is 0 Å². The number of halogens is 1. The van der Waals surface area contributed by atoms with E-state index in [0.717, 1.165) is 11.0 Å². The molecule has 0 bridgehead atoms. The maximum atomic E-state index is 11.9. The van der Waals surface area contributed by atoms with Crippen molar-refractivity contribution in [3.8, 4) is 0 Å². The molecule has 0 amide bonds. The number of alkyl halides is 1. The van der Waals surface area contributed by atoms with Crippen LogP contribution in [0, 0.1) is 0 Å². The Morgan fingerprint density at radius 2 is 1.94 bits per heavy atom. The first kappa shape index (κ1) is 11.0. The average Bonchev–Trinajstić information content (AvgIpc) is 2.55. The summed E-state index contributed by atoms with van der Waals surface area (Å²) in [4.78, 5) is 11.9. The highest BCUT2D eigenvalue weighted by molar-refractivity contribution is 6.18. The quantitative estimate of drug-likeness (QED) is 0.593. The molecule has 0 radical (unpaired) electrons. The number of imidazole rings is 1. The third-order valence-electron chi connectivity index (χ3n) is 2.60. The average molecular weight is 237 g/mol. The van der Waals surface area contributed by atoms with Gasteiger partial charge < -0.3 is 0 Å². The highest BCUT2D eigenvalue weighted by Crippen LogP contribution is 2.11. The van der Waals surface area contributed by atoms with Crippen LogP contribution in [0.1, 0.15) is 0 Å². The molecule has 0 saturated heterocycles. The molecule has 0 unspecified atom stereocenters. The topological polar surface area (TPSA) is 26.9 Å².